The summed E-state index contributed by atoms with van der Waals surface area (Å²) in [5.41, 5.74) is 0.966. The van der Waals surface area contributed by atoms with Crippen LogP contribution in [-0.2, 0) is 11.2 Å². The van der Waals surface area contributed by atoms with Crippen molar-refractivity contribution in [2.45, 2.75) is 31.7 Å². The van der Waals surface area contributed by atoms with Crippen molar-refractivity contribution in [2.75, 3.05) is 26.2 Å². The summed E-state index contributed by atoms with van der Waals surface area (Å²) in [6, 6.07) is 10.8. The lowest BCUT2D eigenvalue weighted by Crippen LogP contribution is -2.37. The van der Waals surface area contributed by atoms with Crippen LogP contribution in [0.5, 0.6) is 0 Å². The molecule has 1 heterocycles. The number of hydrogen-bond donors (Lipinski definition) is 0. The normalized spacial score (nSPS) is 17.2. The molecule has 1 aliphatic heterocycles. The van der Waals surface area contributed by atoms with E-state index in [9.17, 15) is 9.18 Å². The molecule has 1 aromatic rings. The number of nitriles is 2. The van der Waals surface area contributed by atoms with E-state index in [0.29, 0.717) is 19.0 Å². The van der Waals surface area contributed by atoms with Gasteiger partial charge in [-0.3, -0.25) is 9.69 Å². The number of hydrogen-bond acceptors (Lipinski definition) is 4. The first-order chi connectivity index (χ1) is 11.6. The van der Waals surface area contributed by atoms with Gasteiger partial charge in [0.2, 0.25) is 5.91 Å². The molecule has 0 radical (unpaired) electrons. The molecule has 1 atom stereocenters. The third-order valence-electron chi connectivity index (χ3n) is 4.35. The molecular formula is C18H21FN4O. The van der Waals surface area contributed by atoms with Crippen molar-refractivity contribution in [1.29, 1.82) is 10.5 Å². The molecule has 0 N–H and O–H groups in total. The summed E-state index contributed by atoms with van der Waals surface area (Å²) in [4.78, 5) is 15.7. The molecule has 5 nitrogen and oxygen atoms in total. The number of carbonyl (C=O) groups is 1. The van der Waals surface area contributed by atoms with Crippen molar-refractivity contribution in [3.8, 4) is 12.1 Å². The number of amides is 1. The summed E-state index contributed by atoms with van der Waals surface area (Å²) < 4.78 is 13.3. The summed E-state index contributed by atoms with van der Waals surface area (Å²) >= 11 is 0. The van der Waals surface area contributed by atoms with Gasteiger partial charge in [-0.05, 0) is 43.5 Å². The second-order valence-electron chi connectivity index (χ2n) is 5.98. The van der Waals surface area contributed by atoms with E-state index in [0.717, 1.165) is 31.4 Å². The van der Waals surface area contributed by atoms with Gasteiger partial charge < -0.3 is 4.90 Å². The van der Waals surface area contributed by atoms with Crippen molar-refractivity contribution in [2.24, 2.45) is 0 Å². The lowest BCUT2D eigenvalue weighted by Gasteiger charge is -2.25. The molecule has 0 saturated carbocycles. The number of benzene rings is 1. The van der Waals surface area contributed by atoms with Gasteiger partial charge in [-0.2, -0.15) is 10.5 Å². The fourth-order valence-corrected chi connectivity index (χ4v) is 3.16. The Morgan fingerprint density at radius 1 is 1.33 bits per heavy atom. The average molecular weight is 328 g/mol. The van der Waals surface area contributed by atoms with Gasteiger partial charge in [0.15, 0.2) is 0 Å². The Morgan fingerprint density at radius 3 is 2.75 bits per heavy atom. The van der Waals surface area contributed by atoms with Crippen LogP contribution in [0.4, 0.5) is 4.39 Å². The molecule has 1 saturated heterocycles. The standard InChI is InChI=1S/C18H21FN4O/c19-16-4-1-3-15(13-16)14-17-5-2-9-22(17)10-6-18(24)23(11-7-20)12-8-21/h1,3-4,13,17H,2,5-6,9-12,14H2. The Hall–Kier alpha value is -2.44. The van der Waals surface area contributed by atoms with Crippen molar-refractivity contribution in [1.82, 2.24) is 9.80 Å². The van der Waals surface area contributed by atoms with Crippen LogP contribution < -0.4 is 0 Å². The van der Waals surface area contributed by atoms with Gasteiger partial charge in [-0.1, -0.05) is 12.1 Å². The zero-order chi connectivity index (χ0) is 17.4. The first-order valence-electron chi connectivity index (χ1n) is 8.14. The van der Waals surface area contributed by atoms with Crippen molar-refractivity contribution in [3.05, 3.63) is 35.6 Å². The highest BCUT2D eigenvalue weighted by Crippen LogP contribution is 2.21. The van der Waals surface area contributed by atoms with Crippen LogP contribution >= 0.6 is 0 Å². The average Bonchev–Trinajstić information content (AvgIpc) is 2.99. The topological polar surface area (TPSA) is 71.1 Å². The van der Waals surface area contributed by atoms with Crippen molar-refractivity contribution >= 4 is 5.91 Å². The molecule has 1 aromatic carbocycles. The smallest absolute Gasteiger partial charge is 0.225 e. The van der Waals surface area contributed by atoms with Crippen LogP contribution in [-0.4, -0.2) is 47.9 Å². The maximum absolute atomic E-state index is 13.3. The molecule has 2 rings (SSSR count). The van der Waals surface area contributed by atoms with E-state index in [2.05, 4.69) is 4.90 Å². The highest BCUT2D eigenvalue weighted by atomic mass is 19.1. The number of carbonyl (C=O) groups excluding carboxylic acids is 1. The third kappa shape index (κ3) is 5.04. The lowest BCUT2D eigenvalue weighted by molar-refractivity contribution is -0.130. The molecule has 126 valence electrons. The van der Waals surface area contributed by atoms with Crippen molar-refractivity contribution < 1.29 is 9.18 Å². The van der Waals surface area contributed by atoms with Crippen LogP contribution in [0.15, 0.2) is 24.3 Å². The minimum atomic E-state index is -0.226. The molecule has 0 bridgehead atoms. The molecule has 24 heavy (non-hydrogen) atoms. The third-order valence-corrected chi connectivity index (χ3v) is 4.35. The second-order valence-corrected chi connectivity index (χ2v) is 5.98. The van der Waals surface area contributed by atoms with Crippen LogP contribution in [0.1, 0.15) is 24.8 Å². The van der Waals surface area contributed by atoms with E-state index >= 15 is 0 Å². The minimum Gasteiger partial charge on any atom is -0.316 e. The summed E-state index contributed by atoms with van der Waals surface area (Å²) in [5.74, 6) is -0.398. The Kier molecular flexibility index (Phi) is 6.72. The van der Waals surface area contributed by atoms with Crippen LogP contribution in [0.3, 0.4) is 0 Å². The Balaban J connectivity index is 1.88. The SMILES string of the molecule is N#CCN(CC#N)C(=O)CCN1CCCC1Cc1cccc(F)c1. The van der Waals surface area contributed by atoms with Crippen molar-refractivity contribution in [3.63, 3.8) is 0 Å². The van der Waals surface area contributed by atoms with Gasteiger partial charge >= 0.3 is 0 Å². The Labute approximate surface area is 141 Å². The second kappa shape index (κ2) is 9.00. The van der Waals surface area contributed by atoms with E-state index in [1.807, 2.05) is 18.2 Å². The Morgan fingerprint density at radius 2 is 2.08 bits per heavy atom. The molecule has 0 aromatic heterocycles. The molecular weight excluding hydrogens is 307 g/mol. The maximum Gasteiger partial charge on any atom is 0.225 e. The monoisotopic (exact) mass is 328 g/mol. The number of halogens is 1. The van der Waals surface area contributed by atoms with Gasteiger partial charge in [-0.15, -0.1) is 0 Å². The number of rotatable bonds is 7. The lowest BCUT2D eigenvalue weighted by atomic mass is 10.0. The predicted octanol–water partition coefficient (Wildman–Crippen LogP) is 2.10. The maximum atomic E-state index is 13.3. The van der Waals surface area contributed by atoms with E-state index < -0.39 is 0 Å². The number of nitrogens with zero attached hydrogens (tertiary/aromatic N) is 4. The zero-order valence-electron chi connectivity index (χ0n) is 13.6. The highest BCUT2D eigenvalue weighted by molar-refractivity contribution is 5.76. The molecule has 1 amide bonds. The predicted molar refractivity (Wildman–Crippen MR) is 87.1 cm³/mol. The fourth-order valence-electron chi connectivity index (χ4n) is 3.16. The molecule has 1 fully saturated rings. The quantitative estimate of drug-likeness (QED) is 0.719. The van der Waals surface area contributed by atoms with E-state index in [1.54, 1.807) is 12.1 Å². The summed E-state index contributed by atoms with van der Waals surface area (Å²) in [6.45, 7) is 1.41. The molecule has 0 aliphatic carbocycles. The Bertz CT molecular complexity index is 633. The first kappa shape index (κ1) is 17.9. The van der Waals surface area contributed by atoms with Gasteiger partial charge in [0.1, 0.15) is 18.9 Å². The molecule has 6 heteroatoms. The van der Waals surface area contributed by atoms with Crippen LogP contribution in [0.25, 0.3) is 0 Å². The van der Waals surface area contributed by atoms with E-state index in [1.165, 1.54) is 11.0 Å². The van der Waals surface area contributed by atoms with Gasteiger partial charge in [0, 0.05) is 19.0 Å². The molecule has 1 unspecified atom stereocenters. The van der Waals surface area contributed by atoms with E-state index in [-0.39, 0.29) is 24.8 Å². The van der Waals surface area contributed by atoms with Crippen LogP contribution in [0, 0.1) is 28.5 Å². The minimum absolute atomic E-state index is 0.0564. The highest BCUT2D eigenvalue weighted by Gasteiger charge is 2.25. The van der Waals surface area contributed by atoms with Gasteiger partial charge in [-0.25, -0.2) is 4.39 Å². The van der Waals surface area contributed by atoms with E-state index in [4.69, 9.17) is 10.5 Å². The number of likely N-dealkylation sites (tertiary alicyclic amines) is 1. The largest absolute Gasteiger partial charge is 0.316 e. The van der Waals surface area contributed by atoms with Gasteiger partial charge in [0.25, 0.3) is 0 Å². The summed E-state index contributed by atoms with van der Waals surface area (Å²) in [7, 11) is 0. The van der Waals surface area contributed by atoms with Crippen LogP contribution in [0.2, 0.25) is 0 Å². The summed E-state index contributed by atoms with van der Waals surface area (Å²) in [5, 5.41) is 17.5. The summed E-state index contributed by atoms with van der Waals surface area (Å²) in [6.07, 6.45) is 3.16. The zero-order valence-corrected chi connectivity index (χ0v) is 13.6. The molecule has 1 aliphatic rings. The fraction of sp³-hybridized carbons (Fsp3) is 0.500. The first-order valence-corrected chi connectivity index (χ1v) is 8.14. The van der Waals surface area contributed by atoms with Gasteiger partial charge in [0.05, 0.1) is 12.1 Å². The molecule has 0 spiro atoms.